The SMILES string of the molecule is COc1ccc(C)cc1[C@H](C)N[C@@H](C)C(=O)Nc1cc(S(=O)(=O)N(C)C)ccc1C. The number of carbonyl (C=O) groups excluding carboxylic acids is 1. The highest BCUT2D eigenvalue weighted by molar-refractivity contribution is 7.89. The summed E-state index contributed by atoms with van der Waals surface area (Å²) in [5.41, 5.74) is 3.32. The van der Waals surface area contributed by atoms with Crippen molar-refractivity contribution in [2.24, 2.45) is 0 Å². The number of carbonyl (C=O) groups is 1. The number of sulfonamides is 1. The number of hydrogen-bond donors (Lipinski definition) is 2. The Morgan fingerprint density at radius 3 is 2.33 bits per heavy atom. The fourth-order valence-corrected chi connectivity index (χ4v) is 4.01. The topological polar surface area (TPSA) is 87.7 Å². The molecule has 0 saturated carbocycles. The average molecular weight is 434 g/mol. The highest BCUT2D eigenvalue weighted by Gasteiger charge is 2.21. The monoisotopic (exact) mass is 433 g/mol. The van der Waals surface area contributed by atoms with E-state index in [4.69, 9.17) is 4.74 Å². The highest BCUT2D eigenvalue weighted by atomic mass is 32.2. The molecule has 0 aliphatic rings. The number of nitrogens with one attached hydrogen (secondary N) is 2. The first-order valence-electron chi connectivity index (χ1n) is 9.72. The zero-order valence-corrected chi connectivity index (χ0v) is 19.4. The van der Waals surface area contributed by atoms with E-state index in [0.29, 0.717) is 5.69 Å². The van der Waals surface area contributed by atoms with Crippen LogP contribution in [0.3, 0.4) is 0 Å². The molecule has 0 aliphatic carbocycles. The zero-order valence-electron chi connectivity index (χ0n) is 18.6. The van der Waals surface area contributed by atoms with E-state index in [0.717, 1.165) is 26.7 Å². The van der Waals surface area contributed by atoms with Crippen LogP contribution in [0.4, 0.5) is 5.69 Å². The molecule has 0 saturated heterocycles. The number of nitrogens with zero attached hydrogens (tertiary/aromatic N) is 1. The minimum atomic E-state index is -3.59. The molecule has 0 aliphatic heterocycles. The third-order valence-corrected chi connectivity index (χ3v) is 6.80. The molecule has 0 radical (unpaired) electrons. The number of methoxy groups -OCH3 is 1. The first-order valence-corrected chi connectivity index (χ1v) is 11.2. The van der Waals surface area contributed by atoms with Crippen LogP contribution >= 0.6 is 0 Å². The normalized spacial score (nSPS) is 13.7. The van der Waals surface area contributed by atoms with E-state index in [1.165, 1.54) is 26.2 Å². The van der Waals surface area contributed by atoms with Crippen molar-refractivity contribution in [2.45, 2.75) is 44.7 Å². The lowest BCUT2D eigenvalue weighted by atomic mass is 10.0. The summed E-state index contributed by atoms with van der Waals surface area (Å²) in [5, 5.41) is 6.12. The lowest BCUT2D eigenvalue weighted by Crippen LogP contribution is -2.39. The van der Waals surface area contributed by atoms with Crippen molar-refractivity contribution in [3.8, 4) is 5.75 Å². The van der Waals surface area contributed by atoms with Gasteiger partial charge in [-0.3, -0.25) is 10.1 Å². The second-order valence-corrected chi connectivity index (χ2v) is 9.76. The van der Waals surface area contributed by atoms with Crippen LogP contribution in [0.1, 0.15) is 36.6 Å². The van der Waals surface area contributed by atoms with Gasteiger partial charge in [0.1, 0.15) is 5.75 Å². The Bertz CT molecular complexity index is 1020. The molecule has 7 nitrogen and oxygen atoms in total. The minimum absolute atomic E-state index is 0.123. The van der Waals surface area contributed by atoms with E-state index in [9.17, 15) is 13.2 Å². The van der Waals surface area contributed by atoms with Gasteiger partial charge in [-0.15, -0.1) is 0 Å². The molecule has 0 spiro atoms. The van der Waals surface area contributed by atoms with E-state index in [1.807, 2.05) is 39.0 Å². The highest BCUT2D eigenvalue weighted by Crippen LogP contribution is 2.27. The zero-order chi connectivity index (χ0) is 22.6. The maximum absolute atomic E-state index is 12.8. The molecule has 0 bridgehead atoms. The molecular formula is C22H31N3O4S. The van der Waals surface area contributed by atoms with Crippen LogP contribution in [0.2, 0.25) is 0 Å². The van der Waals surface area contributed by atoms with Crippen molar-refractivity contribution in [1.29, 1.82) is 0 Å². The predicted octanol–water partition coefficient (Wildman–Crippen LogP) is 3.24. The van der Waals surface area contributed by atoms with Gasteiger partial charge in [-0.05, 0) is 51.5 Å². The van der Waals surface area contributed by atoms with Crippen LogP contribution < -0.4 is 15.4 Å². The maximum Gasteiger partial charge on any atom is 0.242 e. The molecule has 1 amide bonds. The van der Waals surface area contributed by atoms with Gasteiger partial charge in [0.2, 0.25) is 15.9 Å². The summed E-state index contributed by atoms with van der Waals surface area (Å²) in [7, 11) is 0.978. The van der Waals surface area contributed by atoms with Crippen molar-refractivity contribution in [1.82, 2.24) is 9.62 Å². The van der Waals surface area contributed by atoms with Gasteiger partial charge in [0.15, 0.2) is 0 Å². The predicted molar refractivity (Wildman–Crippen MR) is 119 cm³/mol. The summed E-state index contributed by atoms with van der Waals surface area (Å²) in [6.45, 7) is 7.56. The Morgan fingerprint density at radius 1 is 1.07 bits per heavy atom. The number of benzene rings is 2. The van der Waals surface area contributed by atoms with Crippen molar-refractivity contribution in [3.63, 3.8) is 0 Å². The Morgan fingerprint density at radius 2 is 1.73 bits per heavy atom. The van der Waals surface area contributed by atoms with Gasteiger partial charge >= 0.3 is 0 Å². The number of amides is 1. The number of aryl methyl sites for hydroxylation is 2. The smallest absolute Gasteiger partial charge is 0.242 e. The molecule has 2 rings (SSSR count). The van der Waals surface area contributed by atoms with Crippen LogP contribution in [-0.2, 0) is 14.8 Å². The first-order chi connectivity index (χ1) is 14.0. The molecule has 2 N–H and O–H groups in total. The Kier molecular flexibility index (Phi) is 7.63. The van der Waals surface area contributed by atoms with Gasteiger partial charge in [-0.2, -0.15) is 0 Å². The maximum atomic E-state index is 12.8. The Balaban J connectivity index is 2.17. The fourth-order valence-electron chi connectivity index (χ4n) is 3.08. The molecule has 0 heterocycles. The quantitative estimate of drug-likeness (QED) is 0.667. The van der Waals surface area contributed by atoms with Gasteiger partial charge in [0, 0.05) is 31.4 Å². The van der Waals surface area contributed by atoms with Crippen LogP contribution in [0.5, 0.6) is 5.75 Å². The second-order valence-electron chi connectivity index (χ2n) is 7.61. The number of rotatable bonds is 8. The van der Waals surface area contributed by atoms with E-state index in [1.54, 1.807) is 20.1 Å². The van der Waals surface area contributed by atoms with Crippen LogP contribution in [0.15, 0.2) is 41.3 Å². The van der Waals surface area contributed by atoms with Crippen molar-refractivity contribution in [2.75, 3.05) is 26.5 Å². The molecule has 8 heteroatoms. The summed E-state index contributed by atoms with van der Waals surface area (Å²) in [5.74, 6) is 0.501. The summed E-state index contributed by atoms with van der Waals surface area (Å²) < 4.78 is 31.4. The third-order valence-electron chi connectivity index (χ3n) is 4.99. The van der Waals surface area contributed by atoms with Crippen molar-refractivity contribution in [3.05, 3.63) is 53.1 Å². The number of anilines is 1. The lowest BCUT2D eigenvalue weighted by molar-refractivity contribution is -0.117. The first kappa shape index (κ1) is 23.9. The molecule has 0 aromatic heterocycles. The van der Waals surface area contributed by atoms with Gasteiger partial charge < -0.3 is 10.1 Å². The summed E-state index contributed by atoms with van der Waals surface area (Å²) in [6, 6.07) is 9.98. The minimum Gasteiger partial charge on any atom is -0.496 e. The molecule has 2 aromatic carbocycles. The Hall–Kier alpha value is -2.42. The van der Waals surface area contributed by atoms with Gasteiger partial charge in [-0.1, -0.05) is 23.8 Å². The van der Waals surface area contributed by atoms with Crippen molar-refractivity contribution < 1.29 is 17.9 Å². The lowest BCUT2D eigenvalue weighted by Gasteiger charge is -2.22. The summed E-state index contributed by atoms with van der Waals surface area (Å²) in [6.07, 6.45) is 0. The number of ether oxygens (including phenoxy) is 1. The molecule has 0 fully saturated rings. The van der Waals surface area contributed by atoms with E-state index < -0.39 is 16.1 Å². The standard InChI is InChI=1S/C22H31N3O4S/c1-14-8-11-21(29-7)19(12-14)16(3)23-17(4)22(26)24-20-13-18(10-9-15(20)2)30(27,28)25(5)6/h8-13,16-17,23H,1-7H3,(H,24,26)/t16-,17-/m0/s1. The van der Waals surface area contributed by atoms with Gasteiger partial charge in [0.05, 0.1) is 18.0 Å². The third kappa shape index (κ3) is 5.38. The van der Waals surface area contributed by atoms with Gasteiger partial charge in [0.25, 0.3) is 0 Å². The largest absolute Gasteiger partial charge is 0.496 e. The molecule has 30 heavy (non-hydrogen) atoms. The number of hydrogen-bond acceptors (Lipinski definition) is 5. The van der Waals surface area contributed by atoms with Crippen LogP contribution in [0.25, 0.3) is 0 Å². The molecule has 164 valence electrons. The average Bonchev–Trinajstić information content (AvgIpc) is 2.69. The molecule has 2 aromatic rings. The van der Waals surface area contributed by atoms with E-state index >= 15 is 0 Å². The fraction of sp³-hybridized carbons (Fsp3) is 0.409. The van der Waals surface area contributed by atoms with Gasteiger partial charge in [-0.25, -0.2) is 12.7 Å². The Labute approximate surface area is 179 Å². The molecular weight excluding hydrogens is 402 g/mol. The summed E-state index contributed by atoms with van der Waals surface area (Å²) in [4.78, 5) is 12.9. The molecule has 0 unspecified atom stereocenters. The summed E-state index contributed by atoms with van der Waals surface area (Å²) >= 11 is 0. The van der Waals surface area contributed by atoms with E-state index in [2.05, 4.69) is 10.6 Å². The molecule has 2 atom stereocenters. The van der Waals surface area contributed by atoms with E-state index in [-0.39, 0.29) is 16.8 Å². The second kappa shape index (κ2) is 9.59. The van der Waals surface area contributed by atoms with Crippen LogP contribution in [0, 0.1) is 13.8 Å². The van der Waals surface area contributed by atoms with Crippen molar-refractivity contribution >= 4 is 21.6 Å². The van der Waals surface area contributed by atoms with Crippen LogP contribution in [-0.4, -0.2) is 45.9 Å².